The molecule has 0 aliphatic rings. The maximum Gasteiger partial charge on any atom is 0.303 e. The van der Waals surface area contributed by atoms with Crippen LogP contribution in [0, 0.1) is 5.92 Å². The molecule has 1 aromatic carbocycles. The van der Waals surface area contributed by atoms with Gasteiger partial charge in [0.05, 0.1) is 6.04 Å². The highest BCUT2D eigenvalue weighted by atomic mass is 16.4. The fourth-order valence-electron chi connectivity index (χ4n) is 1.79. The number of hydrogen-bond donors (Lipinski definition) is 3. The summed E-state index contributed by atoms with van der Waals surface area (Å²) in [5.41, 5.74) is 7.39. The van der Waals surface area contributed by atoms with Gasteiger partial charge < -0.3 is 16.2 Å². The Hall–Kier alpha value is -1.88. The van der Waals surface area contributed by atoms with E-state index in [9.17, 15) is 9.59 Å². The van der Waals surface area contributed by atoms with Crippen LogP contribution in [-0.4, -0.2) is 23.0 Å². The quantitative estimate of drug-likeness (QED) is 0.711. The fourth-order valence-corrected chi connectivity index (χ4v) is 1.79. The average Bonchev–Trinajstić information content (AvgIpc) is 2.43. The van der Waals surface area contributed by atoms with Gasteiger partial charge in [0.2, 0.25) is 5.91 Å². The standard InChI is InChI=1S/C15H22N2O3/c1-3-10(2)14(16)15(20)17-12-6-4-5-11(9-12)7-8-13(18)19/h4-6,9-10,14H,3,7-8,16H2,1-2H3,(H,17,20)(H,18,19)/t10?,14-/m0/s1. The Labute approximate surface area is 119 Å². The molecule has 110 valence electrons. The van der Waals surface area contributed by atoms with Crippen molar-refractivity contribution in [1.29, 1.82) is 0 Å². The van der Waals surface area contributed by atoms with Gasteiger partial charge in [-0.15, -0.1) is 0 Å². The van der Waals surface area contributed by atoms with Crippen LogP contribution in [0.4, 0.5) is 5.69 Å². The van der Waals surface area contributed by atoms with Crippen LogP contribution >= 0.6 is 0 Å². The number of carbonyl (C=O) groups excluding carboxylic acids is 1. The average molecular weight is 278 g/mol. The normalized spacial score (nSPS) is 13.6. The Morgan fingerprint density at radius 1 is 1.40 bits per heavy atom. The molecule has 5 nitrogen and oxygen atoms in total. The largest absolute Gasteiger partial charge is 0.481 e. The van der Waals surface area contributed by atoms with Crippen LogP contribution in [0.1, 0.15) is 32.3 Å². The summed E-state index contributed by atoms with van der Waals surface area (Å²) in [6.45, 7) is 3.93. The highest BCUT2D eigenvalue weighted by Gasteiger charge is 2.19. The number of aliphatic carboxylic acids is 1. The van der Waals surface area contributed by atoms with Crippen LogP contribution in [0.2, 0.25) is 0 Å². The van der Waals surface area contributed by atoms with E-state index in [1.54, 1.807) is 18.2 Å². The molecule has 0 saturated heterocycles. The molecular weight excluding hydrogens is 256 g/mol. The number of nitrogens with one attached hydrogen (secondary N) is 1. The van der Waals surface area contributed by atoms with Crippen molar-refractivity contribution in [2.24, 2.45) is 11.7 Å². The minimum atomic E-state index is -0.835. The van der Waals surface area contributed by atoms with E-state index in [1.165, 1.54) is 0 Å². The number of rotatable bonds is 7. The maximum atomic E-state index is 12.0. The Balaban J connectivity index is 2.66. The summed E-state index contributed by atoms with van der Waals surface area (Å²) in [5.74, 6) is -0.932. The van der Waals surface area contributed by atoms with E-state index in [0.29, 0.717) is 12.1 Å². The van der Waals surface area contributed by atoms with Crippen molar-refractivity contribution < 1.29 is 14.7 Å². The van der Waals surface area contributed by atoms with Gasteiger partial charge in [-0.3, -0.25) is 9.59 Å². The SMILES string of the molecule is CCC(C)[C@H](N)C(=O)Nc1cccc(CCC(=O)O)c1. The Bertz CT molecular complexity index is 474. The molecule has 0 aliphatic carbocycles. The number of carboxylic acid groups (broad SMARTS) is 1. The highest BCUT2D eigenvalue weighted by molar-refractivity contribution is 5.94. The van der Waals surface area contributed by atoms with Crippen molar-refractivity contribution >= 4 is 17.6 Å². The second kappa shape index (κ2) is 7.65. The lowest BCUT2D eigenvalue weighted by atomic mass is 9.99. The van der Waals surface area contributed by atoms with Crippen molar-refractivity contribution in [3.8, 4) is 0 Å². The predicted molar refractivity (Wildman–Crippen MR) is 78.5 cm³/mol. The molecule has 0 saturated carbocycles. The van der Waals surface area contributed by atoms with Gasteiger partial charge in [-0.2, -0.15) is 0 Å². The molecule has 2 atom stereocenters. The molecule has 0 aromatic heterocycles. The number of benzene rings is 1. The number of nitrogens with two attached hydrogens (primary N) is 1. The minimum absolute atomic E-state index is 0.0732. The van der Waals surface area contributed by atoms with Gasteiger partial charge in [0, 0.05) is 12.1 Å². The number of carbonyl (C=O) groups is 2. The van der Waals surface area contributed by atoms with Gasteiger partial charge >= 0.3 is 5.97 Å². The van der Waals surface area contributed by atoms with E-state index in [-0.39, 0.29) is 18.2 Å². The molecule has 0 bridgehead atoms. The summed E-state index contributed by atoms with van der Waals surface area (Å²) >= 11 is 0. The zero-order chi connectivity index (χ0) is 15.1. The lowest BCUT2D eigenvalue weighted by Crippen LogP contribution is -2.40. The monoisotopic (exact) mass is 278 g/mol. The number of amides is 1. The molecule has 4 N–H and O–H groups in total. The summed E-state index contributed by atoms with van der Waals surface area (Å²) in [5, 5.41) is 11.4. The summed E-state index contributed by atoms with van der Waals surface area (Å²) in [7, 11) is 0. The third kappa shape index (κ3) is 5.01. The Morgan fingerprint density at radius 3 is 2.70 bits per heavy atom. The summed E-state index contributed by atoms with van der Waals surface area (Å²) in [6.07, 6.45) is 1.35. The maximum absolute atomic E-state index is 12.0. The molecule has 0 radical (unpaired) electrons. The minimum Gasteiger partial charge on any atom is -0.481 e. The Morgan fingerprint density at radius 2 is 2.10 bits per heavy atom. The third-order valence-electron chi connectivity index (χ3n) is 3.38. The molecule has 20 heavy (non-hydrogen) atoms. The van der Waals surface area contributed by atoms with Crippen molar-refractivity contribution in [2.45, 2.75) is 39.2 Å². The van der Waals surface area contributed by atoms with E-state index < -0.39 is 12.0 Å². The van der Waals surface area contributed by atoms with E-state index >= 15 is 0 Å². The first kappa shape index (κ1) is 16.2. The van der Waals surface area contributed by atoms with E-state index in [1.807, 2.05) is 19.9 Å². The lowest BCUT2D eigenvalue weighted by Gasteiger charge is -2.18. The third-order valence-corrected chi connectivity index (χ3v) is 3.38. The van der Waals surface area contributed by atoms with Gasteiger partial charge in [0.15, 0.2) is 0 Å². The lowest BCUT2D eigenvalue weighted by molar-refractivity contribution is -0.137. The van der Waals surface area contributed by atoms with Gasteiger partial charge in [-0.05, 0) is 30.0 Å². The van der Waals surface area contributed by atoms with Crippen LogP contribution < -0.4 is 11.1 Å². The van der Waals surface area contributed by atoms with Crippen LogP contribution in [0.15, 0.2) is 24.3 Å². The number of aryl methyl sites for hydroxylation is 1. The smallest absolute Gasteiger partial charge is 0.303 e. The fraction of sp³-hybridized carbons (Fsp3) is 0.467. The van der Waals surface area contributed by atoms with Crippen LogP contribution in [0.5, 0.6) is 0 Å². The molecule has 0 heterocycles. The van der Waals surface area contributed by atoms with E-state index in [0.717, 1.165) is 12.0 Å². The summed E-state index contributed by atoms with van der Waals surface area (Å²) in [4.78, 5) is 22.5. The number of anilines is 1. The van der Waals surface area contributed by atoms with Crippen molar-refractivity contribution in [1.82, 2.24) is 0 Å². The summed E-state index contributed by atoms with van der Waals surface area (Å²) < 4.78 is 0. The molecule has 1 aromatic rings. The van der Waals surface area contributed by atoms with Gasteiger partial charge in [0.1, 0.15) is 0 Å². The first-order valence-electron chi connectivity index (χ1n) is 6.81. The van der Waals surface area contributed by atoms with Crippen LogP contribution in [0.3, 0.4) is 0 Å². The van der Waals surface area contributed by atoms with Crippen LogP contribution in [-0.2, 0) is 16.0 Å². The molecule has 1 amide bonds. The molecule has 0 spiro atoms. The second-order valence-electron chi connectivity index (χ2n) is 4.99. The first-order chi connectivity index (χ1) is 9.43. The second-order valence-corrected chi connectivity index (χ2v) is 4.99. The molecule has 0 fully saturated rings. The van der Waals surface area contributed by atoms with Crippen LogP contribution in [0.25, 0.3) is 0 Å². The highest BCUT2D eigenvalue weighted by Crippen LogP contribution is 2.14. The van der Waals surface area contributed by atoms with Gasteiger partial charge in [-0.1, -0.05) is 32.4 Å². The Kier molecular flexibility index (Phi) is 6.18. The predicted octanol–water partition coefficient (Wildman–Crippen LogP) is 2.02. The molecular formula is C15H22N2O3. The zero-order valence-corrected chi connectivity index (χ0v) is 11.9. The van der Waals surface area contributed by atoms with Gasteiger partial charge in [0.25, 0.3) is 0 Å². The van der Waals surface area contributed by atoms with Gasteiger partial charge in [-0.25, -0.2) is 0 Å². The summed E-state index contributed by atoms with van der Waals surface area (Å²) in [6, 6.07) is 6.65. The van der Waals surface area contributed by atoms with Crippen molar-refractivity contribution in [3.63, 3.8) is 0 Å². The number of carboxylic acids is 1. The molecule has 0 aliphatic heterocycles. The molecule has 1 unspecified atom stereocenters. The van der Waals surface area contributed by atoms with E-state index in [4.69, 9.17) is 10.8 Å². The number of hydrogen-bond acceptors (Lipinski definition) is 3. The van der Waals surface area contributed by atoms with Crippen molar-refractivity contribution in [2.75, 3.05) is 5.32 Å². The zero-order valence-electron chi connectivity index (χ0n) is 11.9. The molecule has 5 heteroatoms. The van der Waals surface area contributed by atoms with E-state index in [2.05, 4.69) is 5.32 Å². The topological polar surface area (TPSA) is 92.4 Å². The van der Waals surface area contributed by atoms with Crippen molar-refractivity contribution in [3.05, 3.63) is 29.8 Å². The first-order valence-corrected chi connectivity index (χ1v) is 6.81. The molecule has 1 rings (SSSR count).